The molecule has 5 heteroatoms. The molecule has 0 radical (unpaired) electrons. The Balaban J connectivity index is 2.71. The van der Waals surface area contributed by atoms with E-state index in [9.17, 15) is 0 Å². The fourth-order valence-electron chi connectivity index (χ4n) is 1.33. The molecule has 0 bridgehead atoms. The number of aromatic nitrogens is 1. The van der Waals surface area contributed by atoms with E-state index in [0.29, 0.717) is 10.5 Å². The van der Waals surface area contributed by atoms with Gasteiger partial charge in [-0.3, -0.25) is 0 Å². The highest BCUT2D eigenvalue weighted by molar-refractivity contribution is 6.62. The average molecular weight is 195 g/mol. The first kappa shape index (κ1) is 8.63. The van der Waals surface area contributed by atoms with Gasteiger partial charge in [-0.1, -0.05) is 11.6 Å². The number of aromatic amines is 1. The van der Waals surface area contributed by atoms with Gasteiger partial charge in [0.05, 0.1) is 0 Å². The van der Waals surface area contributed by atoms with Crippen molar-refractivity contribution in [2.45, 2.75) is 0 Å². The molecule has 0 unspecified atom stereocenters. The van der Waals surface area contributed by atoms with E-state index in [1.807, 2.05) is 0 Å². The maximum Gasteiger partial charge on any atom is 0.490 e. The number of halogens is 1. The van der Waals surface area contributed by atoms with E-state index in [0.717, 1.165) is 10.9 Å². The third-order valence-electron chi connectivity index (χ3n) is 1.95. The topological polar surface area (TPSA) is 56.2 Å². The highest BCUT2D eigenvalue weighted by Crippen LogP contribution is 2.16. The average Bonchev–Trinajstić information content (AvgIpc) is 2.46. The Morgan fingerprint density at radius 3 is 2.77 bits per heavy atom. The Morgan fingerprint density at radius 2 is 2.08 bits per heavy atom. The Labute approximate surface area is 80.1 Å². The molecule has 0 amide bonds. The minimum atomic E-state index is -1.47. The van der Waals surface area contributed by atoms with Gasteiger partial charge in [0.1, 0.15) is 0 Å². The van der Waals surface area contributed by atoms with Gasteiger partial charge in [0.15, 0.2) is 0 Å². The summed E-state index contributed by atoms with van der Waals surface area (Å²) in [6.07, 6.45) is 1.56. The SMILES string of the molecule is OB(O)c1c[nH]c2ccc(Cl)cc12. The molecule has 1 heterocycles. The van der Waals surface area contributed by atoms with Gasteiger partial charge >= 0.3 is 7.12 Å². The first-order chi connectivity index (χ1) is 6.18. The molecule has 0 aliphatic heterocycles. The Bertz CT molecular complexity index is 441. The van der Waals surface area contributed by atoms with Crippen LogP contribution in [0, 0.1) is 0 Å². The summed E-state index contributed by atoms with van der Waals surface area (Å²) in [6.45, 7) is 0. The molecule has 1 aromatic carbocycles. The zero-order valence-electron chi connectivity index (χ0n) is 6.66. The maximum atomic E-state index is 8.99. The summed E-state index contributed by atoms with van der Waals surface area (Å²) in [7, 11) is -1.47. The summed E-state index contributed by atoms with van der Waals surface area (Å²) >= 11 is 5.78. The molecule has 0 atom stereocenters. The lowest BCUT2D eigenvalue weighted by Gasteiger charge is -1.96. The van der Waals surface area contributed by atoms with E-state index < -0.39 is 7.12 Å². The third-order valence-corrected chi connectivity index (χ3v) is 2.19. The molecule has 0 aliphatic carbocycles. The van der Waals surface area contributed by atoms with Crippen molar-refractivity contribution in [1.29, 1.82) is 0 Å². The number of H-pyrrole nitrogens is 1. The second-order valence-corrected chi connectivity index (χ2v) is 3.24. The fraction of sp³-hybridized carbons (Fsp3) is 0. The molecule has 0 spiro atoms. The van der Waals surface area contributed by atoms with Crippen LogP contribution in [0.5, 0.6) is 0 Å². The Kier molecular flexibility index (Phi) is 2.03. The van der Waals surface area contributed by atoms with Crippen LogP contribution in [0.1, 0.15) is 0 Å². The monoisotopic (exact) mass is 195 g/mol. The van der Waals surface area contributed by atoms with E-state index in [-0.39, 0.29) is 0 Å². The van der Waals surface area contributed by atoms with Gasteiger partial charge in [-0.15, -0.1) is 0 Å². The molecule has 0 aliphatic rings. The normalized spacial score (nSPS) is 10.7. The van der Waals surface area contributed by atoms with Crippen LogP contribution in [0.2, 0.25) is 5.02 Å². The fourth-order valence-corrected chi connectivity index (χ4v) is 1.50. The molecule has 1 aromatic heterocycles. The van der Waals surface area contributed by atoms with Crippen LogP contribution in [-0.4, -0.2) is 22.2 Å². The molecule has 0 saturated carbocycles. The second-order valence-electron chi connectivity index (χ2n) is 2.81. The molecular formula is C8H7BClNO2. The lowest BCUT2D eigenvalue weighted by molar-refractivity contribution is 0.426. The van der Waals surface area contributed by atoms with Crippen LogP contribution >= 0.6 is 11.6 Å². The van der Waals surface area contributed by atoms with E-state index in [1.165, 1.54) is 0 Å². The van der Waals surface area contributed by atoms with E-state index in [1.54, 1.807) is 24.4 Å². The quantitative estimate of drug-likeness (QED) is 0.581. The molecule has 66 valence electrons. The first-order valence-corrected chi connectivity index (χ1v) is 4.19. The number of benzene rings is 1. The molecule has 0 fully saturated rings. The van der Waals surface area contributed by atoms with Gasteiger partial charge < -0.3 is 15.0 Å². The van der Waals surface area contributed by atoms with Crippen LogP contribution in [0.3, 0.4) is 0 Å². The van der Waals surface area contributed by atoms with Crippen LogP contribution < -0.4 is 5.46 Å². The lowest BCUT2D eigenvalue weighted by Crippen LogP contribution is -2.28. The number of rotatable bonds is 1. The molecular weight excluding hydrogens is 188 g/mol. The molecule has 0 saturated heterocycles. The molecule has 2 rings (SSSR count). The summed E-state index contributed by atoms with van der Waals surface area (Å²) < 4.78 is 0. The van der Waals surface area contributed by atoms with Crippen molar-refractivity contribution in [2.24, 2.45) is 0 Å². The number of hydrogen-bond acceptors (Lipinski definition) is 2. The Morgan fingerprint density at radius 1 is 1.31 bits per heavy atom. The van der Waals surface area contributed by atoms with Gasteiger partial charge in [0.2, 0.25) is 0 Å². The van der Waals surface area contributed by atoms with Crippen LogP contribution in [0.4, 0.5) is 0 Å². The highest BCUT2D eigenvalue weighted by Gasteiger charge is 2.15. The number of hydrogen-bond donors (Lipinski definition) is 3. The second kappa shape index (κ2) is 3.07. The maximum absolute atomic E-state index is 8.99. The zero-order chi connectivity index (χ0) is 9.42. The largest absolute Gasteiger partial charge is 0.490 e. The van der Waals surface area contributed by atoms with Crippen LogP contribution in [-0.2, 0) is 0 Å². The first-order valence-electron chi connectivity index (χ1n) is 3.81. The summed E-state index contributed by atoms with van der Waals surface area (Å²) in [5, 5.41) is 19.3. The van der Waals surface area contributed by atoms with E-state index >= 15 is 0 Å². The Hall–Kier alpha value is -0.965. The van der Waals surface area contributed by atoms with Crippen molar-refractivity contribution >= 4 is 35.1 Å². The van der Waals surface area contributed by atoms with Crippen molar-refractivity contribution in [2.75, 3.05) is 0 Å². The highest BCUT2D eigenvalue weighted by atomic mass is 35.5. The molecule has 3 N–H and O–H groups in total. The minimum Gasteiger partial charge on any atom is -0.423 e. The van der Waals surface area contributed by atoms with E-state index in [2.05, 4.69) is 4.98 Å². The summed E-state index contributed by atoms with van der Waals surface area (Å²) in [5.41, 5.74) is 1.28. The third kappa shape index (κ3) is 1.44. The summed E-state index contributed by atoms with van der Waals surface area (Å²) in [6, 6.07) is 5.24. The van der Waals surface area contributed by atoms with Crippen molar-refractivity contribution in [1.82, 2.24) is 4.98 Å². The van der Waals surface area contributed by atoms with E-state index in [4.69, 9.17) is 21.6 Å². The van der Waals surface area contributed by atoms with Crippen molar-refractivity contribution in [3.05, 3.63) is 29.4 Å². The smallest absolute Gasteiger partial charge is 0.423 e. The predicted molar refractivity (Wildman–Crippen MR) is 53.1 cm³/mol. The van der Waals surface area contributed by atoms with Gasteiger partial charge in [-0.2, -0.15) is 0 Å². The summed E-state index contributed by atoms with van der Waals surface area (Å²) in [4.78, 5) is 2.92. The van der Waals surface area contributed by atoms with Gasteiger partial charge in [0, 0.05) is 27.6 Å². The van der Waals surface area contributed by atoms with Gasteiger partial charge in [0.25, 0.3) is 0 Å². The van der Waals surface area contributed by atoms with Crippen LogP contribution in [0.15, 0.2) is 24.4 Å². The zero-order valence-corrected chi connectivity index (χ0v) is 7.42. The predicted octanol–water partition coefficient (Wildman–Crippen LogP) is 0.501. The number of nitrogens with one attached hydrogen (secondary N) is 1. The lowest BCUT2D eigenvalue weighted by atomic mass is 9.80. The summed E-state index contributed by atoms with van der Waals surface area (Å²) in [5.74, 6) is 0. The van der Waals surface area contributed by atoms with Crippen molar-refractivity contribution in [3.63, 3.8) is 0 Å². The van der Waals surface area contributed by atoms with Crippen molar-refractivity contribution in [3.8, 4) is 0 Å². The number of fused-ring (bicyclic) bond motifs is 1. The standard InChI is InChI=1S/C8H7BClNO2/c10-5-1-2-8-6(3-5)7(4-11-8)9(12)13/h1-4,11-13H. The molecule has 2 aromatic rings. The molecule has 3 nitrogen and oxygen atoms in total. The van der Waals surface area contributed by atoms with Crippen molar-refractivity contribution < 1.29 is 10.0 Å². The van der Waals surface area contributed by atoms with Gasteiger partial charge in [-0.05, 0) is 18.2 Å². The minimum absolute atomic E-state index is 0.442. The van der Waals surface area contributed by atoms with Gasteiger partial charge in [-0.25, -0.2) is 0 Å². The van der Waals surface area contributed by atoms with Crippen LogP contribution in [0.25, 0.3) is 10.9 Å². The molecule has 13 heavy (non-hydrogen) atoms.